The number of ether oxygens (including phenoxy) is 1. The summed E-state index contributed by atoms with van der Waals surface area (Å²) < 4.78 is 7.23. The molecule has 0 amide bonds. The third-order valence-electron chi connectivity index (χ3n) is 7.76. The maximum Gasteiger partial charge on any atom is 0.348 e. The highest BCUT2D eigenvalue weighted by Crippen LogP contribution is 2.49. The van der Waals surface area contributed by atoms with Crippen LogP contribution in [-0.4, -0.2) is 51.9 Å². The number of nitrogens with zero attached hydrogens (tertiary/aromatic N) is 4. The van der Waals surface area contributed by atoms with Crippen LogP contribution in [0.4, 0.5) is 10.7 Å². The second-order valence-electron chi connectivity index (χ2n) is 9.98. The summed E-state index contributed by atoms with van der Waals surface area (Å²) >= 11 is 1.25. The third kappa shape index (κ3) is 3.79. The number of hydrogen-bond donors (Lipinski definition) is 1. The van der Waals surface area contributed by atoms with E-state index < -0.39 is 10.9 Å². The number of rotatable bonds is 5. The van der Waals surface area contributed by atoms with Crippen molar-refractivity contribution in [2.75, 3.05) is 25.1 Å². The molecule has 2 aliphatic carbocycles. The van der Waals surface area contributed by atoms with Gasteiger partial charge < -0.3 is 19.3 Å². The molecule has 3 heterocycles. The van der Waals surface area contributed by atoms with Gasteiger partial charge in [-0.3, -0.25) is 10.1 Å². The van der Waals surface area contributed by atoms with Crippen molar-refractivity contribution in [3.8, 4) is 10.4 Å². The molecule has 0 radical (unpaired) electrons. The Morgan fingerprint density at radius 1 is 1.19 bits per heavy atom. The van der Waals surface area contributed by atoms with E-state index in [9.17, 15) is 20.0 Å². The summed E-state index contributed by atoms with van der Waals surface area (Å²) in [6.45, 7) is 1.11. The Morgan fingerprint density at radius 2 is 1.92 bits per heavy atom. The Kier molecular flexibility index (Phi) is 5.80. The summed E-state index contributed by atoms with van der Waals surface area (Å²) in [5.41, 5.74) is 4.57. The largest absolute Gasteiger partial charge is 0.465 e. The van der Waals surface area contributed by atoms with Crippen molar-refractivity contribution in [2.24, 2.45) is 0 Å². The SMILES string of the molecule is COC(=O)c1c(N2CC3=C(CC(O)C3)C2)sc(-c2ccc3c(c2)ncn3C2CCCCC2)c1[N+](=O)[O-]. The van der Waals surface area contributed by atoms with Gasteiger partial charge in [-0.1, -0.05) is 25.3 Å². The molecule has 0 bridgehead atoms. The van der Waals surface area contributed by atoms with Crippen molar-refractivity contribution < 1.29 is 19.6 Å². The van der Waals surface area contributed by atoms with Gasteiger partial charge in [0.05, 0.1) is 35.5 Å². The summed E-state index contributed by atoms with van der Waals surface area (Å²) in [5.74, 6) is -0.714. The molecule has 1 N–H and O–H groups in total. The number of benzene rings is 1. The highest BCUT2D eigenvalue weighted by molar-refractivity contribution is 7.20. The van der Waals surface area contributed by atoms with Crippen molar-refractivity contribution in [2.45, 2.75) is 57.1 Å². The summed E-state index contributed by atoms with van der Waals surface area (Å²) in [6.07, 6.45) is 8.74. The number of fused-ring (bicyclic) bond motifs is 1. The summed E-state index contributed by atoms with van der Waals surface area (Å²) in [6, 6.07) is 6.20. The second-order valence-corrected chi connectivity index (χ2v) is 11.0. The quantitative estimate of drug-likeness (QED) is 0.217. The average Bonchev–Trinajstić information content (AvgIpc) is 3.63. The van der Waals surface area contributed by atoms with E-state index >= 15 is 0 Å². The minimum atomic E-state index is -0.714. The Morgan fingerprint density at radius 3 is 2.58 bits per heavy atom. The molecule has 0 atom stereocenters. The molecule has 36 heavy (non-hydrogen) atoms. The van der Waals surface area contributed by atoms with E-state index in [2.05, 4.69) is 9.55 Å². The lowest BCUT2D eigenvalue weighted by Crippen LogP contribution is -2.24. The molecule has 6 rings (SSSR count). The van der Waals surface area contributed by atoms with Gasteiger partial charge in [0.2, 0.25) is 0 Å². The first-order valence-electron chi connectivity index (χ1n) is 12.4. The van der Waals surface area contributed by atoms with Crippen molar-refractivity contribution in [3.63, 3.8) is 0 Å². The first-order chi connectivity index (χ1) is 17.4. The van der Waals surface area contributed by atoms with E-state index in [0.717, 1.165) is 35.0 Å². The van der Waals surface area contributed by atoms with Crippen LogP contribution >= 0.6 is 11.3 Å². The monoisotopic (exact) mass is 508 g/mol. The van der Waals surface area contributed by atoms with Gasteiger partial charge in [-0.2, -0.15) is 0 Å². The van der Waals surface area contributed by atoms with E-state index in [1.54, 1.807) is 0 Å². The Balaban J connectivity index is 1.42. The third-order valence-corrected chi connectivity index (χ3v) is 9.05. The molecule has 0 saturated heterocycles. The van der Waals surface area contributed by atoms with E-state index in [1.165, 1.54) is 37.7 Å². The molecule has 1 aromatic carbocycles. The number of aliphatic hydroxyl groups is 1. The van der Waals surface area contributed by atoms with Gasteiger partial charge in [-0.15, -0.1) is 11.3 Å². The number of thiophene rings is 1. The van der Waals surface area contributed by atoms with Crippen LogP contribution in [-0.2, 0) is 4.74 Å². The fraction of sp³-hybridized carbons (Fsp3) is 0.462. The maximum atomic E-state index is 12.8. The van der Waals surface area contributed by atoms with Crippen LogP contribution in [0.3, 0.4) is 0 Å². The molecule has 0 unspecified atom stereocenters. The lowest BCUT2D eigenvalue weighted by Gasteiger charge is -2.23. The smallest absolute Gasteiger partial charge is 0.348 e. The van der Waals surface area contributed by atoms with E-state index in [1.807, 2.05) is 29.4 Å². The first kappa shape index (κ1) is 23.2. The van der Waals surface area contributed by atoms with Gasteiger partial charge in [0.25, 0.3) is 0 Å². The molecular formula is C26H28N4O5S. The molecule has 1 fully saturated rings. The molecule has 10 heteroatoms. The van der Waals surface area contributed by atoms with Crippen molar-refractivity contribution in [1.29, 1.82) is 0 Å². The van der Waals surface area contributed by atoms with Crippen LogP contribution in [0.25, 0.3) is 21.5 Å². The molecule has 1 aliphatic heterocycles. The van der Waals surface area contributed by atoms with E-state index in [0.29, 0.717) is 47.4 Å². The number of carbonyl (C=O) groups excluding carboxylic acids is 1. The van der Waals surface area contributed by atoms with Crippen LogP contribution in [0, 0.1) is 10.1 Å². The summed E-state index contributed by atoms with van der Waals surface area (Å²) in [7, 11) is 1.25. The molecule has 188 valence electrons. The zero-order valence-electron chi connectivity index (χ0n) is 20.1. The standard InChI is InChI=1S/C26H28N4O5S/c1-35-26(32)22-23(30(33)34)24(36-25(22)28-12-16-9-19(31)10-17(16)13-28)15-7-8-21-20(11-15)27-14-29(21)18-5-3-2-4-6-18/h7-8,11,14,18-19,31H,2-6,9-10,12-13H2,1H3. The van der Waals surface area contributed by atoms with Gasteiger partial charge in [-0.05, 0) is 49.0 Å². The fourth-order valence-electron chi connectivity index (χ4n) is 6.06. The maximum absolute atomic E-state index is 12.8. The van der Waals surface area contributed by atoms with Crippen LogP contribution in [0.2, 0.25) is 0 Å². The number of carbonyl (C=O) groups is 1. The van der Waals surface area contributed by atoms with Crippen molar-refractivity contribution in [3.05, 3.63) is 51.4 Å². The van der Waals surface area contributed by atoms with Crippen molar-refractivity contribution >= 4 is 39.0 Å². The summed E-state index contributed by atoms with van der Waals surface area (Å²) in [4.78, 5) is 31.7. The second kappa shape index (κ2) is 9.01. The van der Waals surface area contributed by atoms with Crippen LogP contribution in [0.5, 0.6) is 0 Å². The molecule has 3 aromatic rings. The van der Waals surface area contributed by atoms with Crippen LogP contribution in [0.1, 0.15) is 61.3 Å². The minimum Gasteiger partial charge on any atom is -0.465 e. The lowest BCUT2D eigenvalue weighted by atomic mass is 9.95. The van der Waals surface area contributed by atoms with Gasteiger partial charge in [-0.25, -0.2) is 9.78 Å². The van der Waals surface area contributed by atoms with Crippen molar-refractivity contribution in [1.82, 2.24) is 9.55 Å². The predicted molar refractivity (Wildman–Crippen MR) is 138 cm³/mol. The number of nitro groups is 1. The van der Waals surface area contributed by atoms with Gasteiger partial charge in [0.1, 0.15) is 9.88 Å². The van der Waals surface area contributed by atoms with Crippen LogP contribution in [0.15, 0.2) is 35.7 Å². The Bertz CT molecular complexity index is 1380. The number of anilines is 1. The Hall–Kier alpha value is -3.24. The minimum absolute atomic E-state index is 0.00273. The van der Waals surface area contributed by atoms with E-state index in [4.69, 9.17) is 4.74 Å². The summed E-state index contributed by atoms with van der Waals surface area (Å²) in [5, 5.41) is 22.8. The molecular weight excluding hydrogens is 480 g/mol. The number of hydrogen-bond acceptors (Lipinski definition) is 8. The highest BCUT2D eigenvalue weighted by Gasteiger charge is 2.39. The predicted octanol–water partition coefficient (Wildman–Crippen LogP) is 5.24. The highest BCUT2D eigenvalue weighted by atomic mass is 32.1. The van der Waals surface area contributed by atoms with E-state index in [-0.39, 0.29) is 17.4 Å². The number of aliphatic hydroxyl groups excluding tert-OH is 1. The Labute approximate surface area is 212 Å². The van der Waals surface area contributed by atoms with Gasteiger partial charge in [0, 0.05) is 24.7 Å². The molecule has 2 aromatic heterocycles. The molecule has 0 spiro atoms. The number of methoxy groups -OCH3 is 1. The number of imidazole rings is 1. The van der Waals surface area contributed by atoms with Crippen LogP contribution < -0.4 is 4.90 Å². The lowest BCUT2D eigenvalue weighted by molar-refractivity contribution is -0.384. The number of aromatic nitrogens is 2. The topological polar surface area (TPSA) is 111 Å². The van der Waals surface area contributed by atoms with Gasteiger partial charge >= 0.3 is 11.7 Å². The zero-order chi connectivity index (χ0) is 25.0. The normalized spacial score (nSPS) is 18.9. The average molecular weight is 509 g/mol. The molecule has 1 saturated carbocycles. The molecule has 3 aliphatic rings. The first-order valence-corrected chi connectivity index (χ1v) is 13.3. The molecule has 9 nitrogen and oxygen atoms in total. The number of esters is 1. The fourth-order valence-corrected chi connectivity index (χ4v) is 7.31. The zero-order valence-corrected chi connectivity index (χ0v) is 20.9. The van der Waals surface area contributed by atoms with Gasteiger partial charge in [0.15, 0.2) is 5.56 Å².